The highest BCUT2D eigenvalue weighted by Gasteiger charge is 2.31. The van der Waals surface area contributed by atoms with Crippen LogP contribution in [0.5, 0.6) is 5.88 Å². The van der Waals surface area contributed by atoms with E-state index < -0.39 is 17.7 Å². The average Bonchev–Trinajstić information content (AvgIpc) is 2.01. The lowest BCUT2D eigenvalue weighted by atomic mass is 10.2. The lowest BCUT2D eigenvalue weighted by Gasteiger charge is -2.06. The van der Waals surface area contributed by atoms with Gasteiger partial charge in [0, 0.05) is 19.2 Å². The van der Waals surface area contributed by atoms with Crippen LogP contribution in [0.2, 0.25) is 0 Å². The van der Waals surface area contributed by atoms with Gasteiger partial charge in [0.05, 0.1) is 5.56 Å². The second-order valence-electron chi connectivity index (χ2n) is 2.47. The first-order valence-electron chi connectivity index (χ1n) is 3.61. The summed E-state index contributed by atoms with van der Waals surface area (Å²) < 4.78 is 40.8. The van der Waals surface area contributed by atoms with Crippen molar-refractivity contribution in [1.29, 1.82) is 0 Å². The quantitative estimate of drug-likeness (QED) is 0.658. The minimum Gasteiger partial charge on any atom is -0.408 e. The van der Waals surface area contributed by atoms with Crippen molar-refractivity contribution < 1.29 is 22.7 Å². The van der Waals surface area contributed by atoms with Crippen LogP contribution >= 0.6 is 0 Å². The summed E-state index contributed by atoms with van der Waals surface area (Å²) in [6, 6.07) is 1.47. The SMILES string of the molecule is CC(=O)Oc1cc(C(F)(F)F)ccn1. The van der Waals surface area contributed by atoms with Gasteiger partial charge in [-0.1, -0.05) is 0 Å². The fraction of sp³-hybridized carbons (Fsp3) is 0.250. The molecule has 0 radical (unpaired) electrons. The highest BCUT2D eigenvalue weighted by atomic mass is 19.4. The molecule has 1 aromatic heterocycles. The average molecular weight is 205 g/mol. The smallest absolute Gasteiger partial charge is 0.408 e. The number of alkyl halides is 3. The molecule has 1 heterocycles. The summed E-state index contributed by atoms with van der Waals surface area (Å²) in [5.41, 5.74) is -0.899. The summed E-state index contributed by atoms with van der Waals surface area (Å²) in [5, 5.41) is 0. The third-order valence-electron chi connectivity index (χ3n) is 1.31. The molecule has 76 valence electrons. The van der Waals surface area contributed by atoms with Gasteiger partial charge in [0.25, 0.3) is 0 Å². The van der Waals surface area contributed by atoms with E-state index in [1.165, 1.54) is 0 Å². The Hall–Kier alpha value is -1.59. The Labute approximate surface area is 77.5 Å². The molecule has 6 heteroatoms. The Balaban J connectivity index is 2.95. The normalized spacial score (nSPS) is 11.1. The molecule has 0 aliphatic carbocycles. The van der Waals surface area contributed by atoms with Gasteiger partial charge in [-0.3, -0.25) is 4.79 Å². The van der Waals surface area contributed by atoms with Crippen molar-refractivity contribution in [3.63, 3.8) is 0 Å². The maximum absolute atomic E-state index is 12.1. The Bertz CT molecular complexity index is 349. The van der Waals surface area contributed by atoms with E-state index in [0.29, 0.717) is 6.07 Å². The van der Waals surface area contributed by atoms with Gasteiger partial charge in [-0.15, -0.1) is 0 Å². The first kappa shape index (κ1) is 10.5. The number of halogens is 3. The molecule has 0 aromatic carbocycles. The van der Waals surface area contributed by atoms with Gasteiger partial charge in [0.1, 0.15) is 0 Å². The summed E-state index contributed by atoms with van der Waals surface area (Å²) in [4.78, 5) is 13.9. The molecule has 0 saturated carbocycles. The number of nitrogens with zero attached hydrogens (tertiary/aromatic N) is 1. The zero-order valence-electron chi connectivity index (χ0n) is 7.13. The largest absolute Gasteiger partial charge is 0.416 e. The van der Waals surface area contributed by atoms with Crippen LogP contribution in [0.25, 0.3) is 0 Å². The number of aromatic nitrogens is 1. The topological polar surface area (TPSA) is 39.2 Å². The standard InChI is InChI=1S/C8H6F3NO2/c1-5(13)14-7-4-6(2-3-12-7)8(9,10)11/h2-4H,1H3. The molecule has 0 aliphatic heterocycles. The van der Waals surface area contributed by atoms with E-state index in [9.17, 15) is 18.0 Å². The minimum atomic E-state index is -4.46. The number of rotatable bonds is 1. The summed E-state index contributed by atoms with van der Waals surface area (Å²) >= 11 is 0. The first-order chi connectivity index (χ1) is 6.39. The fourth-order valence-corrected chi connectivity index (χ4v) is 0.789. The van der Waals surface area contributed by atoms with Gasteiger partial charge >= 0.3 is 12.1 Å². The van der Waals surface area contributed by atoms with Gasteiger partial charge in [-0.2, -0.15) is 13.2 Å². The molecule has 14 heavy (non-hydrogen) atoms. The molecular weight excluding hydrogens is 199 g/mol. The predicted molar refractivity (Wildman–Crippen MR) is 40.5 cm³/mol. The zero-order chi connectivity index (χ0) is 10.8. The summed E-state index contributed by atoms with van der Waals surface area (Å²) in [5.74, 6) is -1.07. The monoisotopic (exact) mass is 205 g/mol. The van der Waals surface area contributed by atoms with Crippen molar-refractivity contribution in [2.45, 2.75) is 13.1 Å². The molecular formula is C8H6F3NO2. The van der Waals surface area contributed by atoms with Crippen molar-refractivity contribution in [3.8, 4) is 5.88 Å². The van der Waals surface area contributed by atoms with Gasteiger partial charge in [-0.25, -0.2) is 4.98 Å². The van der Waals surface area contributed by atoms with Crippen molar-refractivity contribution in [1.82, 2.24) is 4.98 Å². The highest BCUT2D eigenvalue weighted by Crippen LogP contribution is 2.30. The van der Waals surface area contributed by atoms with Crippen LogP contribution in [0.15, 0.2) is 18.3 Å². The van der Waals surface area contributed by atoms with E-state index in [4.69, 9.17) is 0 Å². The van der Waals surface area contributed by atoms with Crippen LogP contribution in [0.4, 0.5) is 13.2 Å². The Morgan fingerprint density at radius 1 is 1.50 bits per heavy atom. The van der Waals surface area contributed by atoms with Crippen LogP contribution < -0.4 is 4.74 Å². The third kappa shape index (κ3) is 2.72. The lowest BCUT2D eigenvalue weighted by molar-refractivity contribution is -0.138. The first-order valence-corrected chi connectivity index (χ1v) is 3.61. The molecule has 0 saturated heterocycles. The molecule has 0 atom stereocenters. The summed E-state index contributed by atoms with van der Waals surface area (Å²) in [6.45, 7) is 1.09. The molecule has 0 unspecified atom stereocenters. The molecule has 0 N–H and O–H groups in total. The fourth-order valence-electron chi connectivity index (χ4n) is 0.789. The third-order valence-corrected chi connectivity index (χ3v) is 1.31. The van der Waals surface area contributed by atoms with E-state index >= 15 is 0 Å². The number of hydrogen-bond acceptors (Lipinski definition) is 3. The predicted octanol–water partition coefficient (Wildman–Crippen LogP) is 2.03. The highest BCUT2D eigenvalue weighted by molar-refractivity contribution is 5.68. The summed E-state index contributed by atoms with van der Waals surface area (Å²) in [6.07, 6.45) is -3.53. The molecule has 0 aliphatic rings. The van der Waals surface area contributed by atoms with E-state index in [-0.39, 0.29) is 5.88 Å². The maximum Gasteiger partial charge on any atom is 0.416 e. The van der Waals surface area contributed by atoms with E-state index in [0.717, 1.165) is 19.2 Å². The molecule has 0 spiro atoms. The number of esters is 1. The number of pyridine rings is 1. The molecule has 1 rings (SSSR count). The van der Waals surface area contributed by atoms with Crippen LogP contribution in [-0.2, 0) is 11.0 Å². The van der Waals surface area contributed by atoms with Gasteiger partial charge in [0.2, 0.25) is 5.88 Å². The Morgan fingerprint density at radius 3 is 2.64 bits per heavy atom. The maximum atomic E-state index is 12.1. The van der Waals surface area contributed by atoms with E-state index in [1.54, 1.807) is 0 Å². The van der Waals surface area contributed by atoms with E-state index in [1.807, 2.05) is 0 Å². The van der Waals surface area contributed by atoms with Gasteiger partial charge in [0.15, 0.2) is 0 Å². The number of carbonyl (C=O) groups excluding carboxylic acids is 1. The van der Waals surface area contributed by atoms with Crippen molar-refractivity contribution in [3.05, 3.63) is 23.9 Å². The van der Waals surface area contributed by atoms with Gasteiger partial charge < -0.3 is 4.74 Å². The molecule has 0 bridgehead atoms. The van der Waals surface area contributed by atoms with Crippen LogP contribution in [0, 0.1) is 0 Å². The van der Waals surface area contributed by atoms with Crippen molar-refractivity contribution >= 4 is 5.97 Å². The second kappa shape index (κ2) is 3.65. The van der Waals surface area contributed by atoms with Crippen LogP contribution in [-0.4, -0.2) is 11.0 Å². The summed E-state index contributed by atoms with van der Waals surface area (Å²) in [7, 11) is 0. The molecule has 0 amide bonds. The molecule has 3 nitrogen and oxygen atoms in total. The van der Waals surface area contributed by atoms with Crippen molar-refractivity contribution in [2.24, 2.45) is 0 Å². The molecule has 0 fully saturated rings. The lowest BCUT2D eigenvalue weighted by Crippen LogP contribution is -2.08. The Kier molecular flexibility index (Phi) is 2.73. The van der Waals surface area contributed by atoms with Gasteiger partial charge in [-0.05, 0) is 6.07 Å². The Morgan fingerprint density at radius 2 is 2.14 bits per heavy atom. The van der Waals surface area contributed by atoms with Crippen LogP contribution in [0.1, 0.15) is 12.5 Å². The van der Waals surface area contributed by atoms with Crippen LogP contribution in [0.3, 0.4) is 0 Å². The zero-order valence-corrected chi connectivity index (χ0v) is 7.13. The van der Waals surface area contributed by atoms with E-state index in [2.05, 4.69) is 9.72 Å². The number of carbonyl (C=O) groups is 1. The molecule has 1 aromatic rings. The number of ether oxygens (including phenoxy) is 1. The second-order valence-corrected chi connectivity index (χ2v) is 2.47. The minimum absolute atomic E-state index is 0.354. The number of hydrogen-bond donors (Lipinski definition) is 0. The van der Waals surface area contributed by atoms with Crippen molar-refractivity contribution in [2.75, 3.05) is 0 Å².